The van der Waals surface area contributed by atoms with Crippen molar-refractivity contribution < 1.29 is 19.8 Å². The van der Waals surface area contributed by atoms with Crippen LogP contribution in [0, 0.1) is 5.92 Å². The maximum absolute atomic E-state index is 12.0. The van der Waals surface area contributed by atoms with Gasteiger partial charge in [0.05, 0.1) is 24.6 Å². The molecule has 0 aliphatic carbocycles. The van der Waals surface area contributed by atoms with Gasteiger partial charge in [-0.15, -0.1) is 0 Å². The zero-order chi connectivity index (χ0) is 18.3. The fourth-order valence-electron chi connectivity index (χ4n) is 2.90. The topological polar surface area (TPSA) is 142 Å². The number of hydrogen-bond acceptors (Lipinski definition) is 5. The van der Waals surface area contributed by atoms with Crippen LogP contribution in [-0.4, -0.2) is 62.8 Å². The van der Waals surface area contributed by atoms with Crippen LogP contribution < -0.4 is 11.5 Å². The molecule has 9 heteroatoms. The van der Waals surface area contributed by atoms with Crippen molar-refractivity contribution >= 4 is 29.7 Å². The monoisotopic (exact) mass is 360 g/mol. The maximum Gasteiger partial charge on any atom is 0.414 e. The number of carbonyl (C=O) groups is 2. The van der Waals surface area contributed by atoms with Gasteiger partial charge in [-0.2, -0.15) is 11.8 Å². The van der Waals surface area contributed by atoms with E-state index in [4.69, 9.17) is 11.5 Å². The number of thioether (sulfide) groups is 1. The highest BCUT2D eigenvalue weighted by molar-refractivity contribution is 7.99. The molecule has 8 nitrogen and oxygen atoms in total. The lowest BCUT2D eigenvalue weighted by molar-refractivity contribution is -0.152. The molecular formula is C15H28N4O4S. The average Bonchev–Trinajstić information content (AvgIpc) is 2.46. The molecule has 0 radical (unpaired) electrons. The minimum absolute atomic E-state index is 0.0584. The van der Waals surface area contributed by atoms with Crippen LogP contribution in [0.5, 0.6) is 0 Å². The zero-order valence-electron chi connectivity index (χ0n) is 14.2. The number of carboxylic acid groups (broad SMARTS) is 1. The highest BCUT2D eigenvalue weighted by Crippen LogP contribution is 2.36. The highest BCUT2D eigenvalue weighted by atomic mass is 32.2. The SMILES string of the molecule is CC(O)CCCC1C(=O)N(C(=O)O)C1CC(C)SCCN=C(N)N. The molecule has 2 amide bonds. The summed E-state index contributed by atoms with van der Waals surface area (Å²) in [6.45, 7) is 4.23. The first kappa shape index (κ1) is 20.6. The third kappa shape index (κ3) is 6.20. The Morgan fingerprint density at radius 2 is 2.08 bits per heavy atom. The largest absolute Gasteiger partial charge is 0.465 e. The smallest absolute Gasteiger partial charge is 0.414 e. The minimum atomic E-state index is -1.19. The Labute approximate surface area is 146 Å². The van der Waals surface area contributed by atoms with Crippen molar-refractivity contribution in [2.75, 3.05) is 12.3 Å². The second-order valence-corrected chi connectivity index (χ2v) is 7.71. The van der Waals surface area contributed by atoms with E-state index in [1.807, 2.05) is 6.92 Å². The van der Waals surface area contributed by atoms with Crippen molar-refractivity contribution in [2.45, 2.75) is 56.9 Å². The molecule has 1 fully saturated rings. The lowest BCUT2D eigenvalue weighted by Gasteiger charge is -2.45. The molecule has 1 heterocycles. The van der Waals surface area contributed by atoms with Gasteiger partial charge in [-0.1, -0.05) is 13.3 Å². The summed E-state index contributed by atoms with van der Waals surface area (Å²) in [5.74, 6) is 0.207. The molecule has 0 aromatic heterocycles. The van der Waals surface area contributed by atoms with Gasteiger partial charge in [0.25, 0.3) is 0 Å². The van der Waals surface area contributed by atoms with Gasteiger partial charge in [0.15, 0.2) is 5.96 Å². The van der Waals surface area contributed by atoms with Gasteiger partial charge in [0, 0.05) is 11.0 Å². The third-order valence-corrected chi connectivity index (χ3v) is 5.24. The summed E-state index contributed by atoms with van der Waals surface area (Å²) in [5.41, 5.74) is 10.5. The zero-order valence-corrected chi connectivity index (χ0v) is 15.0. The third-order valence-electron chi connectivity index (χ3n) is 4.06. The summed E-state index contributed by atoms with van der Waals surface area (Å²) in [7, 11) is 0. The van der Waals surface area contributed by atoms with Crippen molar-refractivity contribution in [1.82, 2.24) is 4.90 Å². The molecule has 1 saturated heterocycles. The Morgan fingerprint density at radius 1 is 1.42 bits per heavy atom. The summed E-state index contributed by atoms with van der Waals surface area (Å²) in [5, 5.41) is 18.7. The number of rotatable bonds is 10. The van der Waals surface area contributed by atoms with Crippen LogP contribution in [0.2, 0.25) is 0 Å². The van der Waals surface area contributed by atoms with Crippen LogP contribution in [-0.2, 0) is 4.79 Å². The van der Waals surface area contributed by atoms with Crippen molar-refractivity contribution in [1.29, 1.82) is 0 Å². The maximum atomic E-state index is 12.0. The molecule has 4 atom stereocenters. The van der Waals surface area contributed by atoms with E-state index >= 15 is 0 Å². The van der Waals surface area contributed by atoms with Gasteiger partial charge in [-0.25, -0.2) is 9.69 Å². The van der Waals surface area contributed by atoms with E-state index in [2.05, 4.69) is 4.99 Å². The van der Waals surface area contributed by atoms with Gasteiger partial charge >= 0.3 is 6.09 Å². The second kappa shape index (κ2) is 9.73. The summed E-state index contributed by atoms with van der Waals surface area (Å²) >= 11 is 1.65. The van der Waals surface area contributed by atoms with Gasteiger partial charge in [0.2, 0.25) is 5.91 Å². The summed E-state index contributed by atoms with van der Waals surface area (Å²) in [6, 6.07) is -0.283. The molecule has 1 aliphatic heterocycles. The fraction of sp³-hybridized carbons (Fsp3) is 0.800. The molecule has 1 rings (SSSR count). The first-order valence-corrected chi connectivity index (χ1v) is 9.20. The number of likely N-dealkylation sites (tertiary alicyclic amines) is 1. The van der Waals surface area contributed by atoms with E-state index in [1.54, 1.807) is 18.7 Å². The Hall–Kier alpha value is -1.48. The molecular weight excluding hydrogens is 332 g/mol. The summed E-state index contributed by atoms with van der Waals surface area (Å²) in [4.78, 5) is 28.1. The standard InChI is InChI=1S/C15H28N4O4S/c1-9(20)4-3-5-11-12(19(13(11)21)15(22)23)8-10(2)24-7-6-18-14(16)17/h9-12,20H,3-8H2,1-2H3,(H,22,23)(H4,16,17,18). The number of aliphatic hydroxyl groups excluding tert-OH is 1. The van der Waals surface area contributed by atoms with Crippen LogP contribution >= 0.6 is 11.8 Å². The number of carbonyl (C=O) groups excluding carboxylic acids is 1. The van der Waals surface area contributed by atoms with Gasteiger partial charge in [0.1, 0.15) is 0 Å². The first-order valence-electron chi connectivity index (χ1n) is 8.15. The molecule has 4 unspecified atom stereocenters. The van der Waals surface area contributed by atoms with E-state index < -0.39 is 12.2 Å². The molecule has 0 aromatic carbocycles. The van der Waals surface area contributed by atoms with E-state index in [1.165, 1.54) is 0 Å². The van der Waals surface area contributed by atoms with Crippen LogP contribution in [0.25, 0.3) is 0 Å². The van der Waals surface area contributed by atoms with Crippen LogP contribution in [0.15, 0.2) is 4.99 Å². The molecule has 0 spiro atoms. The lowest BCUT2D eigenvalue weighted by atomic mass is 9.81. The molecule has 24 heavy (non-hydrogen) atoms. The minimum Gasteiger partial charge on any atom is -0.465 e. The highest BCUT2D eigenvalue weighted by Gasteiger charge is 2.50. The quantitative estimate of drug-likeness (QED) is 0.195. The van der Waals surface area contributed by atoms with E-state index in [0.717, 1.165) is 10.7 Å². The number of imide groups is 1. The number of β-lactam (4-membered cyclic amide) rings is 1. The van der Waals surface area contributed by atoms with Crippen molar-refractivity contribution in [3.8, 4) is 0 Å². The Bertz CT molecular complexity index is 468. The Balaban J connectivity index is 2.50. The van der Waals surface area contributed by atoms with Crippen LogP contribution in [0.4, 0.5) is 4.79 Å². The Morgan fingerprint density at radius 3 is 2.62 bits per heavy atom. The van der Waals surface area contributed by atoms with Crippen molar-refractivity contribution in [3.05, 3.63) is 0 Å². The molecule has 6 N–H and O–H groups in total. The van der Waals surface area contributed by atoms with Crippen LogP contribution in [0.3, 0.4) is 0 Å². The van der Waals surface area contributed by atoms with Crippen molar-refractivity contribution in [3.63, 3.8) is 0 Å². The number of nitrogens with zero attached hydrogens (tertiary/aromatic N) is 2. The summed E-state index contributed by atoms with van der Waals surface area (Å²) in [6.07, 6.45) is 0.970. The van der Waals surface area contributed by atoms with E-state index in [9.17, 15) is 19.8 Å². The number of aliphatic imine (C=N–C) groups is 1. The van der Waals surface area contributed by atoms with E-state index in [0.29, 0.717) is 32.2 Å². The van der Waals surface area contributed by atoms with Crippen LogP contribution in [0.1, 0.15) is 39.5 Å². The number of guanidine groups is 1. The van der Waals surface area contributed by atoms with Crippen molar-refractivity contribution in [2.24, 2.45) is 22.4 Å². The number of hydrogen-bond donors (Lipinski definition) is 4. The number of aliphatic hydroxyl groups is 1. The fourth-order valence-corrected chi connectivity index (χ4v) is 3.83. The molecule has 0 saturated carbocycles. The number of amides is 2. The predicted molar refractivity (Wildman–Crippen MR) is 94.9 cm³/mol. The van der Waals surface area contributed by atoms with Gasteiger partial charge in [-0.3, -0.25) is 9.79 Å². The average molecular weight is 360 g/mol. The van der Waals surface area contributed by atoms with E-state index in [-0.39, 0.29) is 29.1 Å². The normalized spacial score (nSPS) is 22.6. The molecule has 0 bridgehead atoms. The molecule has 138 valence electrons. The molecule has 1 aliphatic rings. The Kier molecular flexibility index (Phi) is 8.34. The van der Waals surface area contributed by atoms with Gasteiger partial charge < -0.3 is 21.7 Å². The lowest BCUT2D eigenvalue weighted by Crippen LogP contribution is -2.63. The van der Waals surface area contributed by atoms with Gasteiger partial charge in [-0.05, 0) is 26.2 Å². The predicted octanol–water partition coefficient (Wildman–Crippen LogP) is 0.828. The summed E-state index contributed by atoms with van der Waals surface area (Å²) < 4.78 is 0. The second-order valence-electron chi connectivity index (χ2n) is 6.17. The molecule has 0 aromatic rings. The number of nitrogens with two attached hydrogens (primary N) is 2. The first-order chi connectivity index (χ1) is 11.2.